The number of benzene rings is 2. The molecule has 0 aromatic heterocycles. The van der Waals surface area contributed by atoms with Crippen LogP contribution in [0.2, 0.25) is 0 Å². The van der Waals surface area contributed by atoms with Crippen molar-refractivity contribution in [2.75, 3.05) is 16.3 Å². The van der Waals surface area contributed by atoms with E-state index in [0.29, 0.717) is 0 Å². The second kappa shape index (κ2) is 10.1. The van der Waals surface area contributed by atoms with Crippen LogP contribution < -0.4 is 15.4 Å². The van der Waals surface area contributed by atoms with Gasteiger partial charge in [-0.3, -0.25) is 13.8 Å². The predicted molar refractivity (Wildman–Crippen MR) is 127 cm³/mol. The number of anilines is 2. The zero-order chi connectivity index (χ0) is 25.9. The fraction of sp³-hybridized carbons (Fsp3) is 0.211. The third-order valence-corrected chi connectivity index (χ3v) is 6.43. The highest BCUT2D eigenvalue weighted by Crippen LogP contribution is 2.26. The first-order valence-corrected chi connectivity index (χ1v) is 14.2. The van der Waals surface area contributed by atoms with Crippen LogP contribution in [-0.4, -0.2) is 52.7 Å². The molecule has 0 fully saturated rings. The number of carbonyl (C=O) groups is 1. The van der Waals surface area contributed by atoms with E-state index in [9.17, 15) is 39.2 Å². The molecule has 15 heteroatoms. The Morgan fingerprint density at radius 3 is 1.68 bits per heavy atom. The highest BCUT2D eigenvalue weighted by Gasteiger charge is 2.18. The van der Waals surface area contributed by atoms with Gasteiger partial charge in [0.05, 0.1) is 6.26 Å². The van der Waals surface area contributed by atoms with Gasteiger partial charge in [0.15, 0.2) is 0 Å². The molecule has 2 amide bonds. The predicted octanol–water partition coefficient (Wildman–Crippen LogP) is 2.25. The van der Waals surface area contributed by atoms with Gasteiger partial charge in [-0.1, -0.05) is 24.3 Å². The minimum Gasteiger partial charge on any atom is -0.336 e. The molecule has 0 saturated carbocycles. The first-order chi connectivity index (χ1) is 15.5. The molecule has 0 radical (unpaired) electrons. The number of rotatable bonds is 8. The van der Waals surface area contributed by atoms with Gasteiger partial charge in [0, 0.05) is 17.4 Å². The largest absolute Gasteiger partial charge is 0.336 e. The molecule has 0 spiro atoms. The van der Waals surface area contributed by atoms with E-state index in [2.05, 4.69) is 15.4 Å². The first kappa shape index (κ1) is 27.3. The minimum absolute atomic E-state index is 0.0584. The number of sulfonamides is 1. The van der Waals surface area contributed by atoms with Crippen LogP contribution >= 0.6 is 0 Å². The van der Waals surface area contributed by atoms with Crippen molar-refractivity contribution in [3.05, 3.63) is 47.5 Å². The average Bonchev–Trinajstić information content (AvgIpc) is 2.64. The van der Waals surface area contributed by atoms with E-state index in [-0.39, 0.29) is 28.5 Å². The van der Waals surface area contributed by atoms with Crippen molar-refractivity contribution < 1.29 is 39.2 Å². The summed E-state index contributed by atoms with van der Waals surface area (Å²) in [4.78, 5) is 10.6. The van der Waals surface area contributed by atoms with Gasteiger partial charge in [-0.2, -0.15) is 16.8 Å². The monoisotopic (exact) mass is 533 g/mol. The molecule has 0 heterocycles. The summed E-state index contributed by atoms with van der Waals surface area (Å²) in [5.74, 6) is 0. The quantitative estimate of drug-likeness (QED) is 0.250. The third kappa shape index (κ3) is 8.11. The van der Waals surface area contributed by atoms with E-state index in [0.717, 1.165) is 30.5 Å². The van der Waals surface area contributed by atoms with Crippen molar-refractivity contribution in [1.29, 1.82) is 0 Å². The Balaban J connectivity index is 2.50. The molecule has 0 atom stereocenters. The van der Waals surface area contributed by atoms with Gasteiger partial charge in [-0.15, -0.1) is 0 Å². The topological polar surface area (TPSA) is 196 Å². The molecule has 186 valence electrons. The maximum Gasteiger partial charge on any atom is 0.319 e. The lowest BCUT2D eigenvalue weighted by Gasteiger charge is -2.12. The van der Waals surface area contributed by atoms with E-state index in [1.807, 2.05) is 0 Å². The van der Waals surface area contributed by atoms with Crippen LogP contribution in [0.25, 0.3) is 12.2 Å². The normalized spacial score (nSPS) is 12.6. The fourth-order valence-electron chi connectivity index (χ4n) is 2.76. The molecule has 0 aliphatic rings. The van der Waals surface area contributed by atoms with Crippen molar-refractivity contribution in [3.63, 3.8) is 0 Å². The summed E-state index contributed by atoms with van der Waals surface area (Å²) in [6.45, 7) is 3.45. The van der Waals surface area contributed by atoms with Gasteiger partial charge in [0.2, 0.25) is 10.0 Å². The van der Waals surface area contributed by atoms with Crippen molar-refractivity contribution in [1.82, 2.24) is 5.32 Å². The summed E-state index contributed by atoms with van der Waals surface area (Å²) in [6.07, 6.45) is 3.17. The number of nitrogens with one attached hydrogen (secondary N) is 3. The molecular formula is C19H23N3O9S3. The Bertz CT molecular complexity index is 1450. The second-order valence-corrected chi connectivity index (χ2v) is 11.9. The van der Waals surface area contributed by atoms with E-state index in [4.69, 9.17) is 0 Å². The minimum atomic E-state index is -4.79. The van der Waals surface area contributed by atoms with Gasteiger partial charge in [-0.25, -0.2) is 13.2 Å². The molecule has 2 aromatic rings. The number of urea groups is 1. The lowest BCUT2D eigenvalue weighted by molar-refractivity contribution is 0.250. The summed E-state index contributed by atoms with van der Waals surface area (Å²) in [5.41, 5.74) is -0.211. The average molecular weight is 534 g/mol. The summed E-state index contributed by atoms with van der Waals surface area (Å²) < 4.78 is 91.3. The van der Waals surface area contributed by atoms with E-state index >= 15 is 0 Å². The molecule has 0 saturated heterocycles. The second-order valence-electron chi connectivity index (χ2n) is 7.42. The molecule has 2 rings (SSSR count). The number of amides is 2. The number of hydrogen-bond donors (Lipinski definition) is 5. The maximum atomic E-state index is 11.9. The van der Waals surface area contributed by atoms with E-state index in [1.54, 1.807) is 13.8 Å². The highest BCUT2D eigenvalue weighted by atomic mass is 32.2. The van der Waals surface area contributed by atoms with Crippen LogP contribution in [0, 0.1) is 0 Å². The number of carbonyl (C=O) groups excluding carboxylic acids is 1. The standard InChI is InChI=1S/C19H23N3O9S3/c1-12(2)20-19(23)21-15-8-6-13(17(10-15)33(26,27)28)4-5-14-7-9-16(22-32(3,24)25)11-18(14)34(29,30)31/h4-12,22H,1-3H3,(H2,20,21,23)(H,26,27,28)(H,29,30,31)/b5-4+. The molecule has 34 heavy (non-hydrogen) atoms. The van der Waals surface area contributed by atoms with Crippen LogP contribution in [0.4, 0.5) is 16.2 Å². The zero-order valence-electron chi connectivity index (χ0n) is 18.2. The van der Waals surface area contributed by atoms with Gasteiger partial charge >= 0.3 is 6.03 Å². The Kier molecular flexibility index (Phi) is 8.10. The lowest BCUT2D eigenvalue weighted by atomic mass is 10.1. The molecule has 5 N–H and O–H groups in total. The van der Waals surface area contributed by atoms with Crippen molar-refractivity contribution in [2.24, 2.45) is 0 Å². The van der Waals surface area contributed by atoms with Crippen LogP contribution in [0.5, 0.6) is 0 Å². The Morgan fingerprint density at radius 1 is 0.824 bits per heavy atom. The first-order valence-electron chi connectivity index (χ1n) is 9.42. The van der Waals surface area contributed by atoms with E-state index in [1.165, 1.54) is 24.3 Å². The highest BCUT2D eigenvalue weighted by molar-refractivity contribution is 7.92. The molecule has 0 unspecified atom stereocenters. The molecule has 0 aliphatic heterocycles. The van der Waals surface area contributed by atoms with Gasteiger partial charge < -0.3 is 10.6 Å². The maximum absolute atomic E-state index is 11.9. The fourth-order valence-corrected chi connectivity index (χ4v) is 4.73. The molecule has 2 aromatic carbocycles. The summed E-state index contributed by atoms with van der Waals surface area (Å²) in [6, 6.07) is 6.16. The molecule has 0 bridgehead atoms. The van der Waals surface area contributed by atoms with Crippen molar-refractivity contribution in [3.8, 4) is 0 Å². The summed E-state index contributed by atoms with van der Waals surface area (Å²) in [5, 5.41) is 4.97. The number of hydrogen-bond acceptors (Lipinski definition) is 7. The summed E-state index contributed by atoms with van der Waals surface area (Å²) in [7, 11) is -13.3. The molecule has 0 aliphatic carbocycles. The third-order valence-electron chi connectivity index (χ3n) is 4.01. The SMILES string of the molecule is CC(C)NC(=O)Nc1ccc(/C=C/c2ccc(NS(C)(=O)=O)cc2S(=O)(=O)O)c(S(=O)(=O)O)c1. The lowest BCUT2D eigenvalue weighted by Crippen LogP contribution is -2.34. The summed E-state index contributed by atoms with van der Waals surface area (Å²) >= 11 is 0. The van der Waals surface area contributed by atoms with E-state index < -0.39 is 46.1 Å². The van der Waals surface area contributed by atoms with Crippen molar-refractivity contribution in [2.45, 2.75) is 29.7 Å². The Labute approximate surface area is 197 Å². The van der Waals surface area contributed by atoms with Crippen LogP contribution in [0.15, 0.2) is 46.2 Å². The van der Waals surface area contributed by atoms with Gasteiger partial charge in [-0.05, 0) is 49.2 Å². The molecular weight excluding hydrogens is 510 g/mol. The zero-order valence-corrected chi connectivity index (χ0v) is 20.6. The van der Waals surface area contributed by atoms with Crippen LogP contribution in [0.3, 0.4) is 0 Å². The Hall–Kier alpha value is -2.98. The van der Waals surface area contributed by atoms with Crippen LogP contribution in [-0.2, 0) is 30.3 Å². The van der Waals surface area contributed by atoms with Gasteiger partial charge in [0.1, 0.15) is 9.79 Å². The smallest absolute Gasteiger partial charge is 0.319 e. The van der Waals surface area contributed by atoms with Crippen molar-refractivity contribution >= 4 is 59.8 Å². The molecule has 12 nitrogen and oxygen atoms in total. The van der Waals surface area contributed by atoms with Crippen LogP contribution in [0.1, 0.15) is 25.0 Å². The van der Waals surface area contributed by atoms with Gasteiger partial charge in [0.25, 0.3) is 20.2 Å². The Morgan fingerprint density at radius 2 is 1.26 bits per heavy atom.